The summed E-state index contributed by atoms with van der Waals surface area (Å²) in [7, 11) is 0. The molecule has 0 aromatic heterocycles. The zero-order valence-electron chi connectivity index (χ0n) is 7.69. The molecule has 72 valence electrons. The van der Waals surface area contributed by atoms with Crippen molar-refractivity contribution in [2.45, 2.75) is 6.04 Å². The van der Waals surface area contributed by atoms with Gasteiger partial charge in [-0.3, -0.25) is 0 Å². The number of terminal acetylenes is 1. The molecule has 0 saturated heterocycles. The molecule has 2 N–H and O–H groups in total. The quantitative estimate of drug-likeness (QED) is 0.708. The lowest BCUT2D eigenvalue weighted by Gasteiger charge is -2.04. The number of benzene rings is 1. The van der Waals surface area contributed by atoms with Gasteiger partial charge >= 0.3 is 0 Å². The van der Waals surface area contributed by atoms with Crippen molar-refractivity contribution in [1.82, 2.24) is 0 Å². The molecular formula is C11H11NO2. The zero-order chi connectivity index (χ0) is 9.97. The van der Waals surface area contributed by atoms with Crippen LogP contribution in [0.25, 0.3) is 0 Å². The highest BCUT2D eigenvalue weighted by atomic mass is 16.5. The van der Waals surface area contributed by atoms with E-state index in [0.29, 0.717) is 6.61 Å². The fourth-order valence-corrected chi connectivity index (χ4v) is 1.43. The maximum Gasteiger partial charge on any atom is 0.148 e. The summed E-state index contributed by atoms with van der Waals surface area (Å²) in [6, 6.07) is 5.56. The van der Waals surface area contributed by atoms with Gasteiger partial charge in [-0.2, -0.15) is 0 Å². The SMILES string of the molecule is C#CCOc1ccc2c(c1)OCC2N. The molecule has 3 heteroatoms. The molecule has 0 bridgehead atoms. The van der Waals surface area contributed by atoms with Crippen LogP contribution in [0.2, 0.25) is 0 Å². The zero-order valence-corrected chi connectivity index (χ0v) is 7.69. The Morgan fingerprint density at radius 1 is 1.64 bits per heavy atom. The van der Waals surface area contributed by atoms with Gasteiger partial charge in [-0.1, -0.05) is 5.92 Å². The van der Waals surface area contributed by atoms with E-state index in [0.717, 1.165) is 17.1 Å². The third-order valence-electron chi connectivity index (χ3n) is 2.13. The summed E-state index contributed by atoms with van der Waals surface area (Å²) in [5.74, 6) is 3.92. The largest absolute Gasteiger partial charge is 0.491 e. The van der Waals surface area contributed by atoms with E-state index in [1.807, 2.05) is 18.2 Å². The van der Waals surface area contributed by atoms with Crippen molar-refractivity contribution in [3.63, 3.8) is 0 Å². The molecule has 1 aromatic rings. The molecule has 1 atom stereocenters. The molecule has 3 nitrogen and oxygen atoms in total. The predicted octanol–water partition coefficient (Wildman–Crippen LogP) is 1.09. The summed E-state index contributed by atoms with van der Waals surface area (Å²) in [6.07, 6.45) is 5.08. The lowest BCUT2D eigenvalue weighted by atomic mass is 10.1. The molecule has 0 spiro atoms. The van der Waals surface area contributed by atoms with Crippen LogP contribution >= 0.6 is 0 Å². The molecule has 1 aliphatic rings. The van der Waals surface area contributed by atoms with Crippen molar-refractivity contribution in [1.29, 1.82) is 0 Å². The third kappa shape index (κ3) is 1.52. The van der Waals surface area contributed by atoms with Gasteiger partial charge < -0.3 is 15.2 Å². The van der Waals surface area contributed by atoms with Gasteiger partial charge in [-0.05, 0) is 12.1 Å². The maximum absolute atomic E-state index is 5.80. The third-order valence-corrected chi connectivity index (χ3v) is 2.13. The standard InChI is InChI=1S/C11H11NO2/c1-2-5-13-8-3-4-9-10(12)7-14-11(9)6-8/h1,3-4,6,10H,5,7,12H2. The van der Waals surface area contributed by atoms with Gasteiger partial charge in [0.2, 0.25) is 0 Å². The van der Waals surface area contributed by atoms with Crippen LogP contribution in [0.3, 0.4) is 0 Å². The minimum absolute atomic E-state index is 0.0216. The van der Waals surface area contributed by atoms with Crippen LogP contribution in [-0.4, -0.2) is 13.2 Å². The average molecular weight is 189 g/mol. The molecule has 14 heavy (non-hydrogen) atoms. The highest BCUT2D eigenvalue weighted by Crippen LogP contribution is 2.33. The minimum Gasteiger partial charge on any atom is -0.491 e. The lowest BCUT2D eigenvalue weighted by Crippen LogP contribution is -2.10. The number of nitrogens with two attached hydrogens (primary N) is 1. The topological polar surface area (TPSA) is 44.5 Å². The molecule has 1 heterocycles. The predicted molar refractivity (Wildman–Crippen MR) is 53.2 cm³/mol. The number of rotatable bonds is 2. The second-order valence-corrected chi connectivity index (χ2v) is 3.11. The van der Waals surface area contributed by atoms with Crippen molar-refractivity contribution in [2.24, 2.45) is 5.73 Å². The summed E-state index contributed by atoms with van der Waals surface area (Å²) in [5, 5.41) is 0. The molecule has 2 rings (SSSR count). The van der Waals surface area contributed by atoms with E-state index in [4.69, 9.17) is 21.6 Å². The van der Waals surface area contributed by atoms with Gasteiger partial charge in [0.25, 0.3) is 0 Å². The van der Waals surface area contributed by atoms with E-state index in [1.165, 1.54) is 0 Å². The first-order valence-corrected chi connectivity index (χ1v) is 4.40. The number of hydrogen-bond donors (Lipinski definition) is 1. The van der Waals surface area contributed by atoms with Crippen molar-refractivity contribution in [3.8, 4) is 23.8 Å². The first kappa shape index (κ1) is 8.92. The Bertz CT molecular complexity index is 381. The molecule has 0 aliphatic carbocycles. The normalized spacial score (nSPS) is 18.1. The number of fused-ring (bicyclic) bond motifs is 1. The summed E-state index contributed by atoms with van der Waals surface area (Å²) >= 11 is 0. The second kappa shape index (κ2) is 3.60. The summed E-state index contributed by atoms with van der Waals surface area (Å²) in [6.45, 7) is 0.804. The molecule has 0 amide bonds. The Labute approximate surface area is 82.8 Å². The Morgan fingerprint density at radius 2 is 2.50 bits per heavy atom. The summed E-state index contributed by atoms with van der Waals surface area (Å²) < 4.78 is 10.6. The van der Waals surface area contributed by atoms with E-state index in [2.05, 4.69) is 5.92 Å². The van der Waals surface area contributed by atoms with Crippen LogP contribution in [0.1, 0.15) is 11.6 Å². The Balaban J connectivity index is 2.20. The fraction of sp³-hybridized carbons (Fsp3) is 0.273. The van der Waals surface area contributed by atoms with Crippen LogP contribution in [0.15, 0.2) is 18.2 Å². The molecule has 1 unspecified atom stereocenters. The van der Waals surface area contributed by atoms with Gasteiger partial charge in [-0.15, -0.1) is 6.42 Å². The van der Waals surface area contributed by atoms with Gasteiger partial charge in [0.1, 0.15) is 24.7 Å². The van der Waals surface area contributed by atoms with Gasteiger partial charge in [0.05, 0.1) is 6.04 Å². The van der Waals surface area contributed by atoms with Crippen LogP contribution in [0, 0.1) is 12.3 Å². The summed E-state index contributed by atoms with van der Waals surface area (Å²) in [5.41, 5.74) is 6.82. The Hall–Kier alpha value is -1.66. The lowest BCUT2D eigenvalue weighted by molar-refractivity contribution is 0.329. The highest BCUT2D eigenvalue weighted by Gasteiger charge is 2.20. The fourth-order valence-electron chi connectivity index (χ4n) is 1.43. The van der Waals surface area contributed by atoms with Crippen LogP contribution in [-0.2, 0) is 0 Å². The highest BCUT2D eigenvalue weighted by molar-refractivity contribution is 5.44. The van der Waals surface area contributed by atoms with E-state index < -0.39 is 0 Å². The molecule has 1 aliphatic heterocycles. The minimum atomic E-state index is -0.0216. The van der Waals surface area contributed by atoms with Gasteiger partial charge in [0.15, 0.2) is 0 Å². The second-order valence-electron chi connectivity index (χ2n) is 3.11. The summed E-state index contributed by atoms with van der Waals surface area (Å²) in [4.78, 5) is 0. The van der Waals surface area contributed by atoms with Crippen LogP contribution < -0.4 is 15.2 Å². The van der Waals surface area contributed by atoms with Crippen molar-refractivity contribution >= 4 is 0 Å². The molecule has 0 fully saturated rings. The Kier molecular flexibility index (Phi) is 2.30. The Morgan fingerprint density at radius 3 is 3.29 bits per heavy atom. The van der Waals surface area contributed by atoms with E-state index >= 15 is 0 Å². The van der Waals surface area contributed by atoms with Gasteiger partial charge in [0, 0.05) is 11.6 Å². The first-order chi connectivity index (χ1) is 6.81. The molecule has 1 aromatic carbocycles. The monoisotopic (exact) mass is 189 g/mol. The van der Waals surface area contributed by atoms with E-state index in [-0.39, 0.29) is 12.6 Å². The van der Waals surface area contributed by atoms with Crippen molar-refractivity contribution < 1.29 is 9.47 Å². The van der Waals surface area contributed by atoms with E-state index in [1.54, 1.807) is 0 Å². The first-order valence-electron chi connectivity index (χ1n) is 4.40. The number of ether oxygens (including phenoxy) is 2. The van der Waals surface area contributed by atoms with Crippen LogP contribution in [0.5, 0.6) is 11.5 Å². The molecule has 0 saturated carbocycles. The van der Waals surface area contributed by atoms with Crippen molar-refractivity contribution in [3.05, 3.63) is 23.8 Å². The van der Waals surface area contributed by atoms with Gasteiger partial charge in [-0.25, -0.2) is 0 Å². The van der Waals surface area contributed by atoms with Crippen LogP contribution in [0.4, 0.5) is 0 Å². The van der Waals surface area contributed by atoms with E-state index in [9.17, 15) is 0 Å². The average Bonchev–Trinajstić information content (AvgIpc) is 2.57. The van der Waals surface area contributed by atoms with Crippen molar-refractivity contribution in [2.75, 3.05) is 13.2 Å². The molecule has 0 radical (unpaired) electrons. The smallest absolute Gasteiger partial charge is 0.148 e. The maximum atomic E-state index is 5.80. The number of hydrogen-bond acceptors (Lipinski definition) is 3. The molecular weight excluding hydrogens is 178 g/mol.